The van der Waals surface area contributed by atoms with Gasteiger partial charge in [-0.3, -0.25) is 4.79 Å². The van der Waals surface area contributed by atoms with E-state index in [4.69, 9.17) is 10.5 Å². The second-order valence-electron chi connectivity index (χ2n) is 5.70. The first-order valence-electron chi connectivity index (χ1n) is 6.97. The fourth-order valence-electron chi connectivity index (χ4n) is 2.64. The van der Waals surface area contributed by atoms with Crippen LogP contribution in [0.3, 0.4) is 0 Å². The molecule has 0 aromatic rings. The van der Waals surface area contributed by atoms with E-state index >= 15 is 0 Å². The van der Waals surface area contributed by atoms with Crippen molar-refractivity contribution in [2.45, 2.75) is 32.2 Å². The van der Waals surface area contributed by atoms with E-state index in [1.807, 2.05) is 6.92 Å². The number of nitrogens with one attached hydrogen (secondary N) is 1. The number of amides is 1. The summed E-state index contributed by atoms with van der Waals surface area (Å²) in [6.07, 6.45) is 3.90. The predicted molar refractivity (Wildman–Crippen MR) is 70.2 cm³/mol. The zero-order valence-electron chi connectivity index (χ0n) is 11.3. The van der Waals surface area contributed by atoms with Crippen LogP contribution < -0.4 is 11.1 Å². The predicted octanol–water partition coefficient (Wildman–Crippen LogP) is -0.0477. The summed E-state index contributed by atoms with van der Waals surface area (Å²) >= 11 is 0. The van der Waals surface area contributed by atoms with Crippen molar-refractivity contribution in [2.24, 2.45) is 11.1 Å². The Morgan fingerprint density at radius 1 is 1.44 bits per heavy atom. The van der Waals surface area contributed by atoms with Crippen LogP contribution in [0.15, 0.2) is 0 Å². The Bertz CT molecular complexity index is 292. The number of likely N-dealkylation sites (tertiary alicyclic amines) is 1. The third-order valence-corrected chi connectivity index (χ3v) is 4.20. The molecule has 5 nitrogen and oxygen atoms in total. The maximum absolute atomic E-state index is 12.1. The normalized spacial score (nSPS) is 33.6. The van der Waals surface area contributed by atoms with Crippen molar-refractivity contribution in [3.8, 4) is 0 Å². The van der Waals surface area contributed by atoms with E-state index in [1.54, 1.807) is 0 Å². The van der Waals surface area contributed by atoms with Crippen LogP contribution in [0.5, 0.6) is 0 Å². The van der Waals surface area contributed by atoms with Gasteiger partial charge in [-0.2, -0.15) is 0 Å². The molecule has 0 saturated carbocycles. The molecule has 104 valence electrons. The Labute approximate surface area is 109 Å². The summed E-state index contributed by atoms with van der Waals surface area (Å²) in [4.78, 5) is 14.5. The summed E-state index contributed by atoms with van der Waals surface area (Å²) in [6, 6.07) is -0.188. The monoisotopic (exact) mass is 255 g/mol. The van der Waals surface area contributed by atoms with Crippen LogP contribution in [-0.4, -0.2) is 56.2 Å². The maximum Gasteiger partial charge on any atom is 0.229 e. The number of hydrogen-bond donors (Lipinski definition) is 2. The molecule has 2 aliphatic heterocycles. The number of carbonyl (C=O) groups is 1. The van der Waals surface area contributed by atoms with Crippen molar-refractivity contribution < 1.29 is 9.53 Å². The minimum absolute atomic E-state index is 0.0320. The van der Waals surface area contributed by atoms with Gasteiger partial charge in [0.2, 0.25) is 5.91 Å². The van der Waals surface area contributed by atoms with Gasteiger partial charge in [0.25, 0.3) is 0 Å². The number of nitrogens with two attached hydrogens (primary N) is 1. The quantitative estimate of drug-likeness (QED) is 0.739. The number of nitrogens with zero attached hydrogens (tertiary/aromatic N) is 1. The van der Waals surface area contributed by atoms with Gasteiger partial charge in [-0.1, -0.05) is 6.42 Å². The molecule has 2 fully saturated rings. The van der Waals surface area contributed by atoms with Crippen LogP contribution in [0, 0.1) is 5.41 Å². The molecule has 2 unspecified atom stereocenters. The van der Waals surface area contributed by atoms with Gasteiger partial charge in [0, 0.05) is 19.1 Å². The Hall–Kier alpha value is -0.650. The Morgan fingerprint density at radius 3 is 2.78 bits per heavy atom. The summed E-state index contributed by atoms with van der Waals surface area (Å²) in [7, 11) is 0. The number of carbonyl (C=O) groups excluding carboxylic acids is 1. The van der Waals surface area contributed by atoms with Gasteiger partial charge in [-0.05, 0) is 32.9 Å². The molecule has 0 bridgehead atoms. The van der Waals surface area contributed by atoms with Crippen LogP contribution in [0.2, 0.25) is 0 Å². The second kappa shape index (κ2) is 5.99. The highest BCUT2D eigenvalue weighted by Crippen LogP contribution is 2.26. The van der Waals surface area contributed by atoms with Gasteiger partial charge in [0.05, 0.1) is 18.6 Å². The molecule has 2 aliphatic rings. The second-order valence-corrected chi connectivity index (χ2v) is 5.70. The SMILES string of the molecule is CC1(C(=O)NCCN2CCCCC2)COCC1N. The number of piperidine rings is 1. The molecule has 0 aromatic carbocycles. The molecule has 2 atom stereocenters. The van der Waals surface area contributed by atoms with Crippen LogP contribution in [0.4, 0.5) is 0 Å². The van der Waals surface area contributed by atoms with Crippen LogP contribution in [0.1, 0.15) is 26.2 Å². The molecule has 18 heavy (non-hydrogen) atoms. The summed E-state index contributed by atoms with van der Waals surface area (Å²) in [5, 5.41) is 3.00. The first kappa shape index (κ1) is 13.8. The van der Waals surface area contributed by atoms with Gasteiger partial charge < -0.3 is 20.7 Å². The van der Waals surface area contributed by atoms with Crippen molar-refractivity contribution in [2.75, 3.05) is 39.4 Å². The molecule has 0 spiro atoms. The van der Waals surface area contributed by atoms with Gasteiger partial charge in [0.1, 0.15) is 0 Å². The highest BCUT2D eigenvalue weighted by atomic mass is 16.5. The smallest absolute Gasteiger partial charge is 0.229 e. The number of hydrogen-bond acceptors (Lipinski definition) is 4. The first-order valence-corrected chi connectivity index (χ1v) is 6.97. The molecule has 0 aromatic heterocycles. The van der Waals surface area contributed by atoms with Gasteiger partial charge in [-0.25, -0.2) is 0 Å². The lowest BCUT2D eigenvalue weighted by Gasteiger charge is -2.28. The lowest BCUT2D eigenvalue weighted by atomic mass is 9.85. The molecule has 2 rings (SSSR count). The molecule has 2 heterocycles. The molecular formula is C13H25N3O2. The zero-order valence-corrected chi connectivity index (χ0v) is 11.3. The van der Waals surface area contributed by atoms with E-state index in [0.717, 1.165) is 19.6 Å². The lowest BCUT2D eigenvalue weighted by Crippen LogP contribution is -2.51. The maximum atomic E-state index is 12.1. The summed E-state index contributed by atoms with van der Waals surface area (Å²) in [5.74, 6) is 0.0320. The fraction of sp³-hybridized carbons (Fsp3) is 0.923. The summed E-state index contributed by atoms with van der Waals surface area (Å²) in [6.45, 7) is 6.78. The number of ether oxygens (including phenoxy) is 1. The minimum atomic E-state index is -0.554. The molecule has 1 amide bonds. The van der Waals surface area contributed by atoms with Crippen LogP contribution >= 0.6 is 0 Å². The van der Waals surface area contributed by atoms with Crippen molar-refractivity contribution >= 4 is 5.91 Å². The first-order chi connectivity index (χ1) is 8.63. The van der Waals surface area contributed by atoms with E-state index in [-0.39, 0.29) is 11.9 Å². The Kier molecular flexibility index (Phi) is 4.59. The largest absolute Gasteiger partial charge is 0.379 e. The Balaban J connectivity index is 1.71. The zero-order chi connectivity index (χ0) is 13.0. The molecule has 0 radical (unpaired) electrons. The van der Waals surface area contributed by atoms with E-state index < -0.39 is 5.41 Å². The van der Waals surface area contributed by atoms with Crippen molar-refractivity contribution in [1.82, 2.24) is 10.2 Å². The van der Waals surface area contributed by atoms with E-state index in [2.05, 4.69) is 10.2 Å². The third-order valence-electron chi connectivity index (χ3n) is 4.20. The number of rotatable bonds is 4. The average molecular weight is 255 g/mol. The van der Waals surface area contributed by atoms with Crippen molar-refractivity contribution in [1.29, 1.82) is 0 Å². The van der Waals surface area contributed by atoms with Crippen molar-refractivity contribution in [3.63, 3.8) is 0 Å². The average Bonchev–Trinajstić information content (AvgIpc) is 2.72. The molecule has 2 saturated heterocycles. The summed E-state index contributed by atoms with van der Waals surface area (Å²) < 4.78 is 5.29. The summed E-state index contributed by atoms with van der Waals surface area (Å²) in [5.41, 5.74) is 5.38. The molecule has 0 aliphatic carbocycles. The van der Waals surface area contributed by atoms with Gasteiger partial charge in [0.15, 0.2) is 0 Å². The van der Waals surface area contributed by atoms with E-state index in [0.29, 0.717) is 19.8 Å². The highest BCUT2D eigenvalue weighted by Gasteiger charge is 2.44. The third kappa shape index (κ3) is 3.02. The van der Waals surface area contributed by atoms with Gasteiger partial charge >= 0.3 is 0 Å². The van der Waals surface area contributed by atoms with Gasteiger partial charge in [-0.15, -0.1) is 0 Å². The molecule has 3 N–H and O–H groups in total. The van der Waals surface area contributed by atoms with Crippen LogP contribution in [-0.2, 0) is 9.53 Å². The standard InChI is InChI=1S/C13H25N3O2/c1-13(10-18-9-11(13)14)12(17)15-5-8-16-6-3-2-4-7-16/h11H,2-10,14H2,1H3,(H,15,17). The topological polar surface area (TPSA) is 67.6 Å². The van der Waals surface area contributed by atoms with Crippen molar-refractivity contribution in [3.05, 3.63) is 0 Å². The van der Waals surface area contributed by atoms with E-state index in [1.165, 1.54) is 19.3 Å². The molecular weight excluding hydrogens is 230 g/mol. The highest BCUT2D eigenvalue weighted by molar-refractivity contribution is 5.83. The fourth-order valence-corrected chi connectivity index (χ4v) is 2.64. The van der Waals surface area contributed by atoms with E-state index in [9.17, 15) is 4.79 Å². The minimum Gasteiger partial charge on any atom is -0.379 e. The van der Waals surface area contributed by atoms with Crippen LogP contribution in [0.25, 0.3) is 0 Å². The Morgan fingerprint density at radius 2 is 2.17 bits per heavy atom. The lowest BCUT2D eigenvalue weighted by molar-refractivity contribution is -0.130. The molecule has 5 heteroatoms.